The topological polar surface area (TPSA) is 77.8 Å². The molecular weight excluding hydrogens is 361 g/mol. The molecule has 3 rings (SSSR count). The maximum Gasteiger partial charge on any atom is 0.337 e. The minimum Gasteiger partial charge on any atom is -0.331 e. The Hall–Kier alpha value is -0.870. The Morgan fingerprint density at radius 2 is 1.80 bits per heavy atom. The summed E-state index contributed by atoms with van der Waals surface area (Å²) in [7, 11) is -4.44. The van der Waals surface area contributed by atoms with Crippen molar-refractivity contribution in [3.63, 3.8) is 0 Å². The predicted molar refractivity (Wildman–Crippen MR) is 97.5 cm³/mol. The Bertz CT molecular complexity index is 698. The number of benzene rings is 1. The molecule has 0 bridgehead atoms. The average molecular weight is 386 g/mol. The van der Waals surface area contributed by atoms with E-state index < -0.39 is 19.2 Å². The van der Waals surface area contributed by atoms with Crippen LogP contribution in [0.15, 0.2) is 24.3 Å². The smallest absolute Gasteiger partial charge is 0.331 e. The van der Waals surface area contributed by atoms with Crippen molar-refractivity contribution in [2.45, 2.75) is 63.7 Å². The summed E-state index contributed by atoms with van der Waals surface area (Å²) in [4.78, 5) is 34.0. The first-order valence-electron chi connectivity index (χ1n) is 8.86. The fraction of sp³-hybridized carbons (Fsp3) is 0.611. The number of hydrogen-bond donors (Lipinski definition) is 2. The largest absolute Gasteiger partial charge is 0.337 e. The summed E-state index contributed by atoms with van der Waals surface area (Å²) in [5, 5.41) is 0.633. The maximum absolute atomic E-state index is 13.0. The summed E-state index contributed by atoms with van der Waals surface area (Å²) in [5.74, 6) is -0.395. The van der Waals surface area contributed by atoms with Crippen molar-refractivity contribution in [1.29, 1.82) is 0 Å². The summed E-state index contributed by atoms with van der Waals surface area (Å²) in [5.41, 5.74) is -0.222. The van der Waals surface area contributed by atoms with Gasteiger partial charge in [-0.1, -0.05) is 37.6 Å². The minimum atomic E-state index is -4.44. The second-order valence-corrected chi connectivity index (χ2v) is 9.52. The van der Waals surface area contributed by atoms with E-state index in [9.17, 15) is 19.1 Å². The van der Waals surface area contributed by atoms with Crippen molar-refractivity contribution in [3.05, 3.63) is 34.9 Å². The molecule has 2 fully saturated rings. The summed E-state index contributed by atoms with van der Waals surface area (Å²) >= 11 is 5.99. The molecule has 2 aliphatic heterocycles. The first-order chi connectivity index (χ1) is 11.7. The number of piperidine rings is 1. The summed E-state index contributed by atoms with van der Waals surface area (Å²) in [6, 6.07) is 7.33. The van der Waals surface area contributed by atoms with Crippen molar-refractivity contribution in [3.8, 4) is 0 Å². The first kappa shape index (κ1) is 18.9. The highest BCUT2D eigenvalue weighted by Gasteiger charge is 2.57. The first-order valence-corrected chi connectivity index (χ1v) is 10.9. The zero-order chi connectivity index (χ0) is 18.4. The van der Waals surface area contributed by atoms with Gasteiger partial charge in [-0.05, 0) is 55.2 Å². The number of nitrogens with zero attached hydrogens (tertiary/aromatic N) is 1. The zero-order valence-corrected chi connectivity index (χ0v) is 16.2. The van der Waals surface area contributed by atoms with Gasteiger partial charge in [-0.2, -0.15) is 0 Å². The molecule has 0 aromatic heterocycles. The number of carbonyl (C=O) groups is 1. The van der Waals surface area contributed by atoms with Crippen molar-refractivity contribution in [2.75, 3.05) is 0 Å². The van der Waals surface area contributed by atoms with Crippen LogP contribution < -0.4 is 0 Å². The molecule has 1 amide bonds. The van der Waals surface area contributed by atoms with E-state index in [1.807, 2.05) is 12.1 Å². The van der Waals surface area contributed by atoms with Crippen LogP contribution in [-0.4, -0.2) is 32.3 Å². The van der Waals surface area contributed by atoms with Gasteiger partial charge in [0.15, 0.2) is 0 Å². The second kappa shape index (κ2) is 6.70. The van der Waals surface area contributed by atoms with Gasteiger partial charge in [0.25, 0.3) is 0 Å². The van der Waals surface area contributed by atoms with Crippen LogP contribution in [0.5, 0.6) is 0 Å². The summed E-state index contributed by atoms with van der Waals surface area (Å²) < 4.78 is 11.8. The highest BCUT2D eigenvalue weighted by molar-refractivity contribution is 7.53. The number of rotatable bonds is 4. The zero-order valence-electron chi connectivity index (χ0n) is 14.6. The molecule has 25 heavy (non-hydrogen) atoms. The fourth-order valence-electron chi connectivity index (χ4n) is 4.78. The van der Waals surface area contributed by atoms with Crippen LogP contribution in [0.25, 0.3) is 0 Å². The Morgan fingerprint density at radius 1 is 1.20 bits per heavy atom. The summed E-state index contributed by atoms with van der Waals surface area (Å²) in [6.07, 6.45) is 3.63. The van der Waals surface area contributed by atoms with E-state index in [4.69, 9.17) is 11.6 Å². The lowest BCUT2D eigenvalue weighted by molar-refractivity contribution is -0.138. The predicted octanol–water partition coefficient (Wildman–Crippen LogP) is 4.13. The average Bonchev–Trinajstić information content (AvgIpc) is 2.91. The van der Waals surface area contributed by atoms with Gasteiger partial charge < -0.3 is 14.7 Å². The van der Waals surface area contributed by atoms with Gasteiger partial charge in [0, 0.05) is 11.1 Å². The third kappa shape index (κ3) is 3.16. The third-order valence-corrected chi connectivity index (χ3v) is 7.84. The van der Waals surface area contributed by atoms with Crippen LogP contribution in [-0.2, 0) is 9.36 Å². The van der Waals surface area contributed by atoms with Crippen LogP contribution in [0.1, 0.15) is 57.6 Å². The Labute approximate surface area is 153 Å². The van der Waals surface area contributed by atoms with Crippen LogP contribution in [0.4, 0.5) is 0 Å². The molecule has 3 atom stereocenters. The van der Waals surface area contributed by atoms with E-state index in [0.29, 0.717) is 11.4 Å². The van der Waals surface area contributed by atoms with Gasteiger partial charge in [-0.3, -0.25) is 9.36 Å². The Balaban J connectivity index is 2.04. The van der Waals surface area contributed by atoms with Gasteiger partial charge >= 0.3 is 7.60 Å². The van der Waals surface area contributed by atoms with E-state index in [1.54, 1.807) is 17.0 Å². The second-order valence-electron chi connectivity index (χ2n) is 7.28. The van der Waals surface area contributed by atoms with Crippen molar-refractivity contribution in [2.24, 2.45) is 5.41 Å². The molecule has 1 aromatic rings. The monoisotopic (exact) mass is 385 g/mol. The molecule has 138 valence electrons. The lowest BCUT2D eigenvalue weighted by Gasteiger charge is -2.43. The molecule has 1 unspecified atom stereocenters. The molecule has 2 heterocycles. The van der Waals surface area contributed by atoms with Crippen LogP contribution in [0.2, 0.25) is 5.02 Å². The van der Waals surface area contributed by atoms with E-state index in [-0.39, 0.29) is 23.9 Å². The van der Waals surface area contributed by atoms with Crippen LogP contribution >= 0.6 is 19.2 Å². The Morgan fingerprint density at radius 3 is 2.32 bits per heavy atom. The quantitative estimate of drug-likeness (QED) is 0.764. The number of fused-ring (bicyclic) bond motifs is 1. The van der Waals surface area contributed by atoms with Crippen molar-refractivity contribution in [1.82, 2.24) is 4.90 Å². The van der Waals surface area contributed by atoms with E-state index >= 15 is 0 Å². The summed E-state index contributed by atoms with van der Waals surface area (Å²) in [6.45, 7) is 4.29. The fourth-order valence-corrected chi connectivity index (χ4v) is 5.81. The standard InChI is InChI=1S/C18H25ClNO4P/c1-3-18(4-2)11-14(12-5-7-13(19)8-6-12)20-16(18)10-9-15(17(20)21)25(22,23)24/h5-8,14-16H,3-4,9-11H2,1-2H3,(H2,22,23,24)/t14-,15?,16+/m0/s1. The Kier molecular flexibility index (Phi) is 5.06. The lowest BCUT2D eigenvalue weighted by atomic mass is 9.72. The normalized spacial score (nSPS) is 28.9. The molecule has 7 heteroatoms. The molecule has 0 aliphatic carbocycles. The minimum absolute atomic E-state index is 0.000166. The highest BCUT2D eigenvalue weighted by atomic mass is 35.5. The van der Waals surface area contributed by atoms with Gasteiger partial charge in [-0.25, -0.2) is 0 Å². The number of halogens is 1. The highest BCUT2D eigenvalue weighted by Crippen LogP contribution is 2.58. The van der Waals surface area contributed by atoms with Gasteiger partial charge in [-0.15, -0.1) is 0 Å². The van der Waals surface area contributed by atoms with Crippen molar-refractivity contribution < 1.29 is 19.1 Å². The van der Waals surface area contributed by atoms with Crippen molar-refractivity contribution >= 4 is 25.1 Å². The molecule has 2 N–H and O–H groups in total. The molecule has 2 saturated heterocycles. The molecule has 2 aliphatic rings. The number of carbonyl (C=O) groups excluding carboxylic acids is 1. The molecule has 1 aromatic carbocycles. The number of hydrogen-bond acceptors (Lipinski definition) is 2. The molecular formula is C18H25ClNO4P. The third-order valence-electron chi connectivity index (χ3n) is 6.30. The number of amides is 1. The molecule has 0 radical (unpaired) electrons. The van der Waals surface area contributed by atoms with E-state index in [1.165, 1.54) is 0 Å². The van der Waals surface area contributed by atoms with Crippen LogP contribution in [0.3, 0.4) is 0 Å². The lowest BCUT2D eigenvalue weighted by Crippen LogP contribution is -2.51. The maximum atomic E-state index is 13.0. The molecule has 0 spiro atoms. The van der Waals surface area contributed by atoms with Gasteiger partial charge in [0.1, 0.15) is 5.66 Å². The molecule has 0 saturated carbocycles. The van der Waals surface area contributed by atoms with Gasteiger partial charge in [0.05, 0.1) is 6.04 Å². The molecule has 5 nitrogen and oxygen atoms in total. The van der Waals surface area contributed by atoms with Gasteiger partial charge in [0.2, 0.25) is 5.91 Å². The van der Waals surface area contributed by atoms with E-state index in [0.717, 1.165) is 24.8 Å². The van der Waals surface area contributed by atoms with Crippen LogP contribution in [0, 0.1) is 5.41 Å². The SMILES string of the molecule is CCC1(CC)C[C@@H](c2ccc(Cl)cc2)N2C(=O)C(P(=O)(O)O)CC[C@@H]21. The van der Waals surface area contributed by atoms with E-state index in [2.05, 4.69) is 13.8 Å².